The molecular weight excluding hydrogens is 761 g/mol. The quantitative estimate of drug-likeness (QED) is 0.168. The van der Waals surface area contributed by atoms with Gasteiger partial charge in [0.25, 0.3) is 0 Å². The summed E-state index contributed by atoms with van der Waals surface area (Å²) in [6.07, 6.45) is 0. The van der Waals surface area contributed by atoms with Gasteiger partial charge < -0.3 is 4.90 Å². The van der Waals surface area contributed by atoms with Crippen LogP contribution in [0.4, 0.5) is 17.1 Å². The lowest BCUT2D eigenvalue weighted by atomic mass is 9.96. The maximum atomic E-state index is 5.42. The summed E-state index contributed by atoms with van der Waals surface area (Å²) in [6.45, 7) is 0. The molecule has 2 aromatic heterocycles. The lowest BCUT2D eigenvalue weighted by Crippen LogP contribution is -2.14. The summed E-state index contributed by atoms with van der Waals surface area (Å²) < 4.78 is 2.34. The summed E-state index contributed by atoms with van der Waals surface area (Å²) in [6, 6.07) is 77.9. The van der Waals surface area contributed by atoms with Crippen LogP contribution in [0.25, 0.3) is 83.3 Å². The molecule has 1 aliphatic rings. The second kappa shape index (κ2) is 14.5. The van der Waals surface area contributed by atoms with Crippen molar-refractivity contribution in [3.63, 3.8) is 0 Å². The van der Waals surface area contributed by atoms with Gasteiger partial charge in [-0.3, -0.25) is 4.57 Å². The minimum absolute atomic E-state index is 0.679. The van der Waals surface area contributed by atoms with Crippen molar-refractivity contribution in [2.45, 2.75) is 9.79 Å². The maximum Gasteiger partial charge on any atom is 0.162 e. The van der Waals surface area contributed by atoms with Crippen LogP contribution in [-0.4, -0.2) is 14.5 Å². The van der Waals surface area contributed by atoms with Crippen molar-refractivity contribution in [3.8, 4) is 50.7 Å². The third-order valence-electron chi connectivity index (χ3n) is 11.8. The third-order valence-corrected chi connectivity index (χ3v) is 12.9. The molecule has 286 valence electrons. The molecule has 0 radical (unpaired) electrons. The second-order valence-corrected chi connectivity index (χ2v) is 16.5. The highest BCUT2D eigenvalue weighted by Gasteiger charge is 2.26. The minimum atomic E-state index is 0.679. The number of fused-ring (bicyclic) bond motifs is 7. The molecule has 0 aliphatic carbocycles. The smallest absolute Gasteiger partial charge is 0.162 e. The minimum Gasteiger partial charge on any atom is -0.308 e. The molecule has 0 spiro atoms. The Labute approximate surface area is 358 Å². The number of nitrogens with zero attached hydrogens (tertiary/aromatic N) is 4. The van der Waals surface area contributed by atoms with Gasteiger partial charge in [0, 0.05) is 43.4 Å². The van der Waals surface area contributed by atoms with Gasteiger partial charge in [-0.2, -0.15) is 0 Å². The molecule has 0 saturated heterocycles. The van der Waals surface area contributed by atoms with E-state index in [4.69, 9.17) is 9.97 Å². The van der Waals surface area contributed by atoms with Gasteiger partial charge in [0.05, 0.1) is 28.1 Å². The number of aromatic nitrogens is 3. The number of hydrogen-bond donors (Lipinski definition) is 0. The number of rotatable bonds is 6. The summed E-state index contributed by atoms with van der Waals surface area (Å²) in [7, 11) is 0. The fourth-order valence-corrected chi connectivity index (χ4v) is 10.1. The van der Waals surface area contributed by atoms with Gasteiger partial charge in [-0.15, -0.1) is 0 Å². The van der Waals surface area contributed by atoms with E-state index < -0.39 is 0 Å². The van der Waals surface area contributed by atoms with E-state index in [0.29, 0.717) is 5.82 Å². The fourth-order valence-electron chi connectivity index (χ4n) is 8.97. The molecule has 0 saturated carbocycles. The highest BCUT2D eigenvalue weighted by Crippen LogP contribution is 2.53. The van der Waals surface area contributed by atoms with E-state index in [-0.39, 0.29) is 0 Å². The largest absolute Gasteiger partial charge is 0.308 e. The molecule has 0 atom stereocenters. The van der Waals surface area contributed by atoms with Gasteiger partial charge in [-0.1, -0.05) is 176 Å². The zero-order chi connectivity index (χ0) is 40.3. The number of para-hydroxylation sites is 2. The first-order chi connectivity index (χ1) is 30.2. The zero-order valence-electron chi connectivity index (χ0n) is 33.0. The monoisotopic (exact) mass is 796 g/mol. The predicted molar refractivity (Wildman–Crippen MR) is 254 cm³/mol. The molecule has 1 aliphatic heterocycles. The highest BCUT2D eigenvalue weighted by atomic mass is 32.2. The van der Waals surface area contributed by atoms with E-state index in [9.17, 15) is 0 Å². The van der Waals surface area contributed by atoms with Crippen LogP contribution in [0.1, 0.15) is 0 Å². The average molecular weight is 797 g/mol. The Bertz CT molecular complexity index is 3430. The van der Waals surface area contributed by atoms with Crippen LogP contribution in [-0.2, 0) is 0 Å². The molecule has 11 aromatic rings. The summed E-state index contributed by atoms with van der Waals surface area (Å²) in [5.74, 6) is 1.50. The summed E-state index contributed by atoms with van der Waals surface area (Å²) in [5, 5.41) is 4.82. The van der Waals surface area contributed by atoms with Crippen molar-refractivity contribution in [3.05, 3.63) is 218 Å². The second-order valence-electron chi connectivity index (χ2n) is 15.4. The Morgan fingerprint density at radius 3 is 1.85 bits per heavy atom. The van der Waals surface area contributed by atoms with Crippen LogP contribution < -0.4 is 4.90 Å². The van der Waals surface area contributed by atoms with Crippen molar-refractivity contribution < 1.29 is 0 Å². The van der Waals surface area contributed by atoms with Crippen LogP contribution in [0.5, 0.6) is 0 Å². The Balaban J connectivity index is 1.08. The van der Waals surface area contributed by atoms with Crippen LogP contribution in [0.15, 0.2) is 228 Å². The van der Waals surface area contributed by atoms with Crippen molar-refractivity contribution in [2.75, 3.05) is 4.90 Å². The van der Waals surface area contributed by atoms with E-state index in [2.05, 4.69) is 216 Å². The van der Waals surface area contributed by atoms with Crippen molar-refractivity contribution >= 4 is 61.4 Å². The molecule has 61 heavy (non-hydrogen) atoms. The molecule has 12 rings (SSSR count). The molecular formula is C56H36N4S. The summed E-state index contributed by atoms with van der Waals surface area (Å²) in [5.41, 5.74) is 13.3. The van der Waals surface area contributed by atoms with Gasteiger partial charge in [0.2, 0.25) is 0 Å². The van der Waals surface area contributed by atoms with Crippen molar-refractivity contribution in [2.24, 2.45) is 0 Å². The number of hydrogen-bond acceptors (Lipinski definition) is 4. The lowest BCUT2D eigenvalue weighted by Gasteiger charge is -2.33. The molecule has 0 amide bonds. The van der Waals surface area contributed by atoms with Gasteiger partial charge in [0.15, 0.2) is 5.82 Å². The first-order valence-corrected chi connectivity index (χ1v) is 21.4. The average Bonchev–Trinajstić information content (AvgIpc) is 3.69. The normalized spacial score (nSPS) is 12.2. The van der Waals surface area contributed by atoms with Crippen LogP contribution >= 0.6 is 11.8 Å². The molecule has 3 heterocycles. The van der Waals surface area contributed by atoms with Gasteiger partial charge in [0.1, 0.15) is 5.82 Å². The van der Waals surface area contributed by atoms with Crippen LogP contribution in [0.2, 0.25) is 0 Å². The Hall–Kier alpha value is -7.73. The summed E-state index contributed by atoms with van der Waals surface area (Å²) >= 11 is 1.84. The van der Waals surface area contributed by atoms with E-state index in [0.717, 1.165) is 44.9 Å². The molecule has 0 unspecified atom stereocenters. The Morgan fingerprint density at radius 2 is 1.03 bits per heavy atom. The number of anilines is 3. The molecule has 9 aromatic carbocycles. The van der Waals surface area contributed by atoms with Gasteiger partial charge >= 0.3 is 0 Å². The summed E-state index contributed by atoms with van der Waals surface area (Å²) in [4.78, 5) is 15.5. The van der Waals surface area contributed by atoms with Crippen LogP contribution in [0.3, 0.4) is 0 Å². The molecule has 0 fully saturated rings. The molecule has 0 N–H and O–H groups in total. The molecule has 4 nitrogen and oxygen atoms in total. The third kappa shape index (κ3) is 6.01. The SMILES string of the molecule is c1ccc(-c2ccc(-c3nc(-c4ccccc4)cc(-n4c5cccc(-c6ccc7c(c6)Sc6ccccc6N7c6ccccc6)c5c5c6ccccc6ccc54)n3)cc2)cc1. The van der Waals surface area contributed by atoms with Crippen molar-refractivity contribution in [1.29, 1.82) is 0 Å². The zero-order valence-corrected chi connectivity index (χ0v) is 33.8. The molecule has 5 heteroatoms. The number of benzene rings is 9. The Kier molecular flexibility index (Phi) is 8.39. The first-order valence-electron chi connectivity index (χ1n) is 20.6. The van der Waals surface area contributed by atoms with E-state index in [1.165, 1.54) is 59.4 Å². The Morgan fingerprint density at radius 1 is 0.393 bits per heavy atom. The fraction of sp³-hybridized carbons (Fsp3) is 0. The van der Waals surface area contributed by atoms with Gasteiger partial charge in [-0.05, 0) is 81.6 Å². The first kappa shape index (κ1) is 35.2. The van der Waals surface area contributed by atoms with Crippen LogP contribution in [0, 0.1) is 0 Å². The predicted octanol–water partition coefficient (Wildman–Crippen LogP) is 15.3. The standard InChI is InChI=1S/C56H36N4S/c1-4-15-37(16-5-1)38-27-29-41(30-28-38)56-57-46(40-18-6-2-7-19-40)36-53(58-56)60-49-25-14-23-45(55(49)54-44-22-11-10-17-39(44)31-34-50(54)60)42-32-33-48-52(35-42)61-51-26-13-12-24-47(51)59(48)43-20-8-3-9-21-43/h1-36H. The molecule has 0 bridgehead atoms. The maximum absolute atomic E-state index is 5.42. The van der Waals surface area contributed by atoms with E-state index in [1.54, 1.807) is 0 Å². The van der Waals surface area contributed by atoms with Crippen molar-refractivity contribution in [1.82, 2.24) is 14.5 Å². The van der Waals surface area contributed by atoms with E-state index >= 15 is 0 Å². The van der Waals surface area contributed by atoms with E-state index in [1.807, 2.05) is 23.9 Å². The highest BCUT2D eigenvalue weighted by molar-refractivity contribution is 7.99. The lowest BCUT2D eigenvalue weighted by molar-refractivity contribution is 1.05. The van der Waals surface area contributed by atoms with Gasteiger partial charge in [-0.25, -0.2) is 9.97 Å². The topological polar surface area (TPSA) is 34.0 Å².